The molecular weight excluding hydrogens is 260 g/mol. The van der Waals surface area contributed by atoms with E-state index in [4.69, 9.17) is 4.99 Å². The highest BCUT2D eigenvalue weighted by atomic mass is 15.2. The SMILES string of the molecule is CCNC(=NCCCN1CCCCC1C)NC1CC=CC1. The molecule has 0 aromatic heterocycles. The van der Waals surface area contributed by atoms with Crippen LogP contribution in [-0.4, -0.2) is 49.1 Å². The maximum absolute atomic E-state index is 4.73. The molecule has 1 aliphatic carbocycles. The number of guanidine groups is 1. The van der Waals surface area contributed by atoms with Crippen LogP contribution in [0.5, 0.6) is 0 Å². The zero-order valence-corrected chi connectivity index (χ0v) is 13.8. The van der Waals surface area contributed by atoms with E-state index in [1.54, 1.807) is 0 Å². The van der Waals surface area contributed by atoms with Gasteiger partial charge in [-0.3, -0.25) is 4.99 Å². The number of piperidine rings is 1. The van der Waals surface area contributed by atoms with E-state index >= 15 is 0 Å². The van der Waals surface area contributed by atoms with Gasteiger partial charge in [-0.25, -0.2) is 0 Å². The summed E-state index contributed by atoms with van der Waals surface area (Å²) in [5.41, 5.74) is 0. The molecular formula is C17H32N4. The van der Waals surface area contributed by atoms with Crippen molar-refractivity contribution in [3.63, 3.8) is 0 Å². The van der Waals surface area contributed by atoms with Crippen molar-refractivity contribution in [1.82, 2.24) is 15.5 Å². The standard InChI is InChI=1S/C17H32N4/c1-3-18-17(20-16-10-4-5-11-16)19-12-8-14-21-13-7-6-9-15(21)2/h4-5,15-16H,3,6-14H2,1-2H3,(H2,18,19,20). The predicted octanol–water partition coefficient (Wildman–Crippen LogP) is 2.52. The van der Waals surface area contributed by atoms with Crippen LogP contribution in [-0.2, 0) is 0 Å². The Morgan fingerprint density at radius 1 is 1.29 bits per heavy atom. The molecule has 1 fully saturated rings. The molecule has 0 radical (unpaired) electrons. The molecule has 0 aromatic rings. The van der Waals surface area contributed by atoms with E-state index in [1.165, 1.54) is 32.4 Å². The van der Waals surface area contributed by atoms with Gasteiger partial charge in [-0.05, 0) is 52.5 Å². The summed E-state index contributed by atoms with van der Waals surface area (Å²) >= 11 is 0. The van der Waals surface area contributed by atoms with Crippen molar-refractivity contribution in [1.29, 1.82) is 0 Å². The molecule has 2 aliphatic rings. The monoisotopic (exact) mass is 292 g/mol. The van der Waals surface area contributed by atoms with Gasteiger partial charge in [-0.1, -0.05) is 18.6 Å². The van der Waals surface area contributed by atoms with Crippen LogP contribution in [0.15, 0.2) is 17.1 Å². The largest absolute Gasteiger partial charge is 0.357 e. The van der Waals surface area contributed by atoms with Crippen LogP contribution in [0, 0.1) is 0 Å². The normalized spacial score (nSPS) is 24.5. The van der Waals surface area contributed by atoms with E-state index in [0.29, 0.717) is 6.04 Å². The first-order chi connectivity index (χ1) is 10.3. The van der Waals surface area contributed by atoms with Crippen molar-refractivity contribution in [3.05, 3.63) is 12.2 Å². The minimum absolute atomic E-state index is 0.532. The summed E-state index contributed by atoms with van der Waals surface area (Å²) in [6, 6.07) is 1.29. The zero-order valence-electron chi connectivity index (χ0n) is 13.8. The number of aliphatic imine (C=N–C) groups is 1. The number of hydrogen-bond donors (Lipinski definition) is 2. The summed E-state index contributed by atoms with van der Waals surface area (Å²) in [7, 11) is 0. The quantitative estimate of drug-likeness (QED) is 0.342. The molecule has 1 atom stereocenters. The molecule has 1 unspecified atom stereocenters. The van der Waals surface area contributed by atoms with Gasteiger partial charge in [0.05, 0.1) is 0 Å². The molecule has 0 bridgehead atoms. The lowest BCUT2D eigenvalue weighted by Gasteiger charge is -2.33. The van der Waals surface area contributed by atoms with Crippen LogP contribution < -0.4 is 10.6 Å². The Morgan fingerprint density at radius 2 is 2.10 bits per heavy atom. The Balaban J connectivity index is 1.68. The van der Waals surface area contributed by atoms with Gasteiger partial charge in [-0.15, -0.1) is 0 Å². The maximum atomic E-state index is 4.73. The minimum atomic E-state index is 0.532. The van der Waals surface area contributed by atoms with E-state index < -0.39 is 0 Å². The molecule has 2 N–H and O–H groups in total. The van der Waals surface area contributed by atoms with Crippen molar-refractivity contribution < 1.29 is 0 Å². The summed E-state index contributed by atoms with van der Waals surface area (Å²) in [5, 5.41) is 6.88. The lowest BCUT2D eigenvalue weighted by atomic mass is 10.0. The molecule has 1 aliphatic heterocycles. The Bertz CT molecular complexity index is 343. The Morgan fingerprint density at radius 3 is 2.81 bits per heavy atom. The van der Waals surface area contributed by atoms with Gasteiger partial charge in [0, 0.05) is 31.7 Å². The fourth-order valence-electron chi connectivity index (χ4n) is 3.20. The molecule has 1 saturated heterocycles. The van der Waals surface area contributed by atoms with Crippen LogP contribution in [0.3, 0.4) is 0 Å². The average Bonchev–Trinajstić information content (AvgIpc) is 2.98. The Kier molecular flexibility index (Phi) is 7.07. The number of hydrogen-bond acceptors (Lipinski definition) is 2. The molecule has 0 amide bonds. The first-order valence-corrected chi connectivity index (χ1v) is 8.73. The van der Waals surface area contributed by atoms with Crippen LogP contribution >= 0.6 is 0 Å². The molecule has 0 aromatic carbocycles. The van der Waals surface area contributed by atoms with Gasteiger partial charge in [0.1, 0.15) is 0 Å². The highest BCUT2D eigenvalue weighted by Gasteiger charge is 2.17. The Labute approximate surface area is 130 Å². The molecule has 2 rings (SSSR count). The van der Waals surface area contributed by atoms with Gasteiger partial charge in [0.2, 0.25) is 0 Å². The molecule has 4 nitrogen and oxygen atoms in total. The van der Waals surface area contributed by atoms with Crippen molar-refractivity contribution in [2.45, 2.75) is 64.5 Å². The number of rotatable bonds is 6. The topological polar surface area (TPSA) is 39.7 Å². The van der Waals surface area contributed by atoms with E-state index in [9.17, 15) is 0 Å². The molecule has 1 heterocycles. The van der Waals surface area contributed by atoms with E-state index in [1.807, 2.05) is 0 Å². The number of nitrogens with one attached hydrogen (secondary N) is 2. The first-order valence-electron chi connectivity index (χ1n) is 8.73. The van der Waals surface area contributed by atoms with E-state index in [2.05, 4.69) is 41.5 Å². The van der Waals surface area contributed by atoms with E-state index in [0.717, 1.165) is 44.4 Å². The predicted molar refractivity (Wildman–Crippen MR) is 90.8 cm³/mol. The molecule has 21 heavy (non-hydrogen) atoms. The van der Waals surface area contributed by atoms with Crippen molar-refractivity contribution >= 4 is 5.96 Å². The van der Waals surface area contributed by atoms with E-state index in [-0.39, 0.29) is 0 Å². The van der Waals surface area contributed by atoms with Gasteiger partial charge < -0.3 is 15.5 Å². The van der Waals surface area contributed by atoms with Gasteiger partial charge in [-0.2, -0.15) is 0 Å². The summed E-state index contributed by atoms with van der Waals surface area (Å²) in [6.07, 6.45) is 12.0. The fourth-order valence-corrected chi connectivity index (χ4v) is 3.20. The Hall–Kier alpha value is -1.03. The summed E-state index contributed by atoms with van der Waals surface area (Å²) < 4.78 is 0. The third kappa shape index (κ3) is 5.70. The van der Waals surface area contributed by atoms with Crippen molar-refractivity contribution in [3.8, 4) is 0 Å². The maximum Gasteiger partial charge on any atom is 0.191 e. The highest BCUT2D eigenvalue weighted by Crippen LogP contribution is 2.16. The second kappa shape index (κ2) is 9.08. The van der Waals surface area contributed by atoms with Gasteiger partial charge in [0.25, 0.3) is 0 Å². The third-order valence-electron chi connectivity index (χ3n) is 4.51. The smallest absolute Gasteiger partial charge is 0.191 e. The summed E-state index contributed by atoms with van der Waals surface area (Å²) in [6.45, 7) is 8.79. The van der Waals surface area contributed by atoms with Crippen molar-refractivity contribution in [2.75, 3.05) is 26.2 Å². The number of likely N-dealkylation sites (tertiary alicyclic amines) is 1. The zero-order chi connectivity index (χ0) is 14.9. The van der Waals surface area contributed by atoms with Gasteiger partial charge >= 0.3 is 0 Å². The lowest BCUT2D eigenvalue weighted by molar-refractivity contribution is 0.160. The van der Waals surface area contributed by atoms with Crippen LogP contribution in [0.2, 0.25) is 0 Å². The molecule has 4 heteroatoms. The van der Waals surface area contributed by atoms with Crippen LogP contribution in [0.25, 0.3) is 0 Å². The minimum Gasteiger partial charge on any atom is -0.357 e. The fraction of sp³-hybridized carbons (Fsp3) is 0.824. The van der Waals surface area contributed by atoms with Crippen LogP contribution in [0.1, 0.15) is 52.4 Å². The summed E-state index contributed by atoms with van der Waals surface area (Å²) in [4.78, 5) is 7.35. The average molecular weight is 292 g/mol. The third-order valence-corrected chi connectivity index (χ3v) is 4.51. The first kappa shape index (κ1) is 16.3. The highest BCUT2D eigenvalue weighted by molar-refractivity contribution is 5.80. The lowest BCUT2D eigenvalue weighted by Crippen LogP contribution is -2.42. The number of nitrogens with zero attached hydrogens (tertiary/aromatic N) is 2. The molecule has 0 spiro atoms. The van der Waals surface area contributed by atoms with Crippen molar-refractivity contribution in [2.24, 2.45) is 4.99 Å². The molecule has 0 saturated carbocycles. The molecule has 120 valence electrons. The second-order valence-corrected chi connectivity index (χ2v) is 6.28. The summed E-state index contributed by atoms with van der Waals surface area (Å²) in [5.74, 6) is 0.984. The van der Waals surface area contributed by atoms with Gasteiger partial charge in [0.15, 0.2) is 5.96 Å². The second-order valence-electron chi connectivity index (χ2n) is 6.28. The van der Waals surface area contributed by atoms with Crippen LogP contribution in [0.4, 0.5) is 0 Å².